The maximum atomic E-state index is 13.2. The third kappa shape index (κ3) is 2.57. The lowest BCUT2D eigenvalue weighted by Gasteiger charge is -2.60. The average Bonchev–Trinajstić information content (AvgIpc) is 2.68. The van der Waals surface area contributed by atoms with E-state index in [1.807, 2.05) is 23.1 Å². The van der Waals surface area contributed by atoms with Gasteiger partial charge in [0.2, 0.25) is 5.91 Å². The summed E-state index contributed by atoms with van der Waals surface area (Å²) in [6.07, 6.45) is 3.44. The minimum atomic E-state index is -0.680. The number of ether oxygens (including phenoxy) is 2. The summed E-state index contributed by atoms with van der Waals surface area (Å²) in [6, 6.07) is 7.42. The zero-order valence-corrected chi connectivity index (χ0v) is 15.7. The SMILES string of the molecule is C[C@]12CC[C@H](C[C@@H]1C(=O)N1CCOCC1)[C@@]1(C2)NC(=O)c2ccccc2O1. The fraction of sp³-hybridized carbons (Fsp3) is 0.619. The molecule has 2 amide bonds. The van der Waals surface area contributed by atoms with Gasteiger partial charge in [0.05, 0.1) is 18.8 Å². The van der Waals surface area contributed by atoms with Crippen LogP contribution in [-0.2, 0) is 9.53 Å². The molecule has 0 unspecified atom stereocenters. The highest BCUT2D eigenvalue weighted by Gasteiger charge is 2.62. The lowest BCUT2D eigenvalue weighted by molar-refractivity contribution is -0.176. The highest BCUT2D eigenvalue weighted by atomic mass is 16.5. The van der Waals surface area contributed by atoms with Crippen LogP contribution in [0.1, 0.15) is 43.0 Å². The summed E-state index contributed by atoms with van der Waals surface area (Å²) in [6.45, 7) is 4.81. The molecule has 3 aliphatic carbocycles. The van der Waals surface area contributed by atoms with E-state index in [1.54, 1.807) is 6.07 Å². The van der Waals surface area contributed by atoms with Crippen molar-refractivity contribution in [3.8, 4) is 5.75 Å². The van der Waals surface area contributed by atoms with Gasteiger partial charge in [0.1, 0.15) is 5.75 Å². The van der Waals surface area contributed by atoms with Crippen LogP contribution in [0.2, 0.25) is 0 Å². The lowest BCUT2D eigenvalue weighted by atomic mass is 9.52. The smallest absolute Gasteiger partial charge is 0.258 e. The normalized spacial score (nSPS) is 37.5. The van der Waals surface area contributed by atoms with Gasteiger partial charge in [0.25, 0.3) is 5.91 Å². The Bertz CT molecular complexity index is 790. The highest BCUT2D eigenvalue weighted by Crippen LogP contribution is 2.59. The molecule has 1 aromatic carbocycles. The van der Waals surface area contributed by atoms with Crippen LogP contribution in [0.15, 0.2) is 24.3 Å². The molecule has 144 valence electrons. The van der Waals surface area contributed by atoms with E-state index in [0.717, 1.165) is 19.3 Å². The first-order valence-electron chi connectivity index (χ1n) is 9.98. The molecule has 0 radical (unpaired) electrons. The largest absolute Gasteiger partial charge is 0.467 e. The van der Waals surface area contributed by atoms with Crippen molar-refractivity contribution in [2.45, 2.75) is 38.3 Å². The number of para-hydroxylation sites is 1. The van der Waals surface area contributed by atoms with Gasteiger partial charge in [-0.15, -0.1) is 0 Å². The van der Waals surface area contributed by atoms with E-state index < -0.39 is 5.72 Å². The summed E-state index contributed by atoms with van der Waals surface area (Å²) in [4.78, 5) is 27.9. The quantitative estimate of drug-likeness (QED) is 0.823. The molecule has 2 heterocycles. The van der Waals surface area contributed by atoms with Gasteiger partial charge in [-0.3, -0.25) is 9.59 Å². The molecule has 0 aromatic heterocycles. The first-order valence-corrected chi connectivity index (χ1v) is 9.98. The number of carbonyl (C=O) groups is 2. The molecule has 5 aliphatic rings. The summed E-state index contributed by atoms with van der Waals surface area (Å²) < 4.78 is 11.8. The van der Waals surface area contributed by atoms with Crippen molar-refractivity contribution in [3.05, 3.63) is 29.8 Å². The van der Waals surface area contributed by atoms with Crippen molar-refractivity contribution in [2.75, 3.05) is 26.3 Å². The monoisotopic (exact) mass is 370 g/mol. The Balaban J connectivity index is 1.43. The standard InChI is InChI=1S/C21H26N2O4/c1-20-7-6-14(12-16(20)19(25)23-8-10-26-11-9-23)21(13-20)22-18(24)15-4-2-3-5-17(15)27-21/h2-5,14,16H,6-13H2,1H3,(H,22,24)/t14-,16-,20-,21+/m1/s1. The predicted octanol–water partition coefficient (Wildman–Crippen LogP) is 2.19. The van der Waals surface area contributed by atoms with Crippen molar-refractivity contribution in [3.63, 3.8) is 0 Å². The summed E-state index contributed by atoms with van der Waals surface area (Å²) in [5, 5.41) is 3.18. The van der Waals surface area contributed by atoms with Crippen LogP contribution in [0, 0.1) is 17.3 Å². The van der Waals surface area contributed by atoms with Gasteiger partial charge < -0.3 is 19.7 Å². The maximum absolute atomic E-state index is 13.2. The Kier molecular flexibility index (Phi) is 3.76. The predicted molar refractivity (Wildman–Crippen MR) is 98.2 cm³/mol. The van der Waals surface area contributed by atoms with Crippen molar-refractivity contribution in [1.82, 2.24) is 10.2 Å². The minimum Gasteiger partial charge on any atom is -0.467 e. The topological polar surface area (TPSA) is 67.9 Å². The van der Waals surface area contributed by atoms with E-state index >= 15 is 0 Å². The molecule has 1 saturated heterocycles. The lowest BCUT2D eigenvalue weighted by Crippen LogP contribution is -2.69. The molecule has 3 saturated carbocycles. The Morgan fingerprint density at radius 2 is 2.04 bits per heavy atom. The third-order valence-electron chi connectivity index (χ3n) is 7.12. The minimum absolute atomic E-state index is 0.00218. The van der Waals surface area contributed by atoms with Crippen LogP contribution in [0.3, 0.4) is 0 Å². The number of fused-ring (bicyclic) bond motifs is 3. The number of hydrogen-bond acceptors (Lipinski definition) is 4. The number of nitrogens with one attached hydrogen (secondary N) is 1. The zero-order valence-electron chi connectivity index (χ0n) is 15.7. The van der Waals surface area contributed by atoms with Crippen molar-refractivity contribution in [1.29, 1.82) is 0 Å². The second-order valence-corrected chi connectivity index (χ2v) is 8.73. The Morgan fingerprint density at radius 3 is 2.81 bits per heavy atom. The fourth-order valence-corrected chi connectivity index (χ4v) is 5.64. The van der Waals surface area contributed by atoms with Gasteiger partial charge in [0, 0.05) is 31.3 Å². The van der Waals surface area contributed by atoms with Crippen molar-refractivity contribution < 1.29 is 19.1 Å². The molecule has 27 heavy (non-hydrogen) atoms. The Morgan fingerprint density at radius 1 is 1.26 bits per heavy atom. The number of benzene rings is 1. The second-order valence-electron chi connectivity index (χ2n) is 8.73. The van der Waals surface area contributed by atoms with Gasteiger partial charge in [-0.05, 0) is 36.8 Å². The number of rotatable bonds is 1. The van der Waals surface area contributed by atoms with Crippen LogP contribution in [0.4, 0.5) is 0 Å². The van der Waals surface area contributed by atoms with Gasteiger partial charge in [-0.25, -0.2) is 0 Å². The summed E-state index contributed by atoms with van der Waals surface area (Å²) in [5.74, 6) is 1.00. The third-order valence-corrected chi connectivity index (χ3v) is 7.12. The molecule has 4 fully saturated rings. The number of nitrogens with zero attached hydrogens (tertiary/aromatic N) is 1. The second kappa shape index (κ2) is 5.96. The molecular weight excluding hydrogens is 344 g/mol. The zero-order chi connectivity index (χ0) is 18.6. The molecule has 1 spiro atoms. The number of carbonyl (C=O) groups excluding carboxylic acids is 2. The van der Waals surface area contributed by atoms with E-state index in [9.17, 15) is 9.59 Å². The first-order chi connectivity index (χ1) is 13.0. The molecule has 4 atom stereocenters. The maximum Gasteiger partial charge on any atom is 0.258 e. The van der Waals surface area contributed by atoms with Crippen LogP contribution in [0.25, 0.3) is 0 Å². The van der Waals surface area contributed by atoms with Crippen molar-refractivity contribution >= 4 is 11.8 Å². The van der Waals surface area contributed by atoms with E-state index in [0.29, 0.717) is 44.0 Å². The molecule has 6 rings (SSSR count). The van der Waals surface area contributed by atoms with E-state index in [-0.39, 0.29) is 29.1 Å². The Labute approximate surface area is 159 Å². The molecule has 1 N–H and O–H groups in total. The van der Waals surface area contributed by atoms with E-state index in [4.69, 9.17) is 9.47 Å². The summed E-state index contributed by atoms with van der Waals surface area (Å²) >= 11 is 0. The molecule has 2 bridgehead atoms. The van der Waals surface area contributed by atoms with Gasteiger partial charge in [-0.1, -0.05) is 19.1 Å². The molecular formula is C21H26N2O4. The number of hydrogen-bond donors (Lipinski definition) is 1. The highest BCUT2D eigenvalue weighted by molar-refractivity contribution is 5.98. The molecule has 2 aliphatic heterocycles. The van der Waals surface area contributed by atoms with Gasteiger partial charge >= 0.3 is 0 Å². The molecule has 6 heteroatoms. The average molecular weight is 370 g/mol. The number of amides is 2. The van der Waals surface area contributed by atoms with Crippen LogP contribution < -0.4 is 10.1 Å². The van der Waals surface area contributed by atoms with Crippen LogP contribution >= 0.6 is 0 Å². The fourth-order valence-electron chi connectivity index (χ4n) is 5.64. The Hall–Kier alpha value is -2.08. The van der Waals surface area contributed by atoms with Gasteiger partial charge in [-0.2, -0.15) is 0 Å². The van der Waals surface area contributed by atoms with Crippen molar-refractivity contribution in [2.24, 2.45) is 17.3 Å². The van der Waals surface area contributed by atoms with E-state index in [2.05, 4.69) is 12.2 Å². The molecule has 6 nitrogen and oxygen atoms in total. The van der Waals surface area contributed by atoms with Crippen LogP contribution in [-0.4, -0.2) is 48.7 Å². The molecule has 1 aromatic rings. The first kappa shape index (κ1) is 17.0. The van der Waals surface area contributed by atoms with Crippen LogP contribution in [0.5, 0.6) is 5.75 Å². The summed E-state index contributed by atoms with van der Waals surface area (Å²) in [5.41, 5.74) is -0.250. The number of morpholine rings is 1. The summed E-state index contributed by atoms with van der Waals surface area (Å²) in [7, 11) is 0. The van der Waals surface area contributed by atoms with Gasteiger partial charge in [0.15, 0.2) is 5.72 Å². The van der Waals surface area contributed by atoms with E-state index in [1.165, 1.54) is 0 Å².